The van der Waals surface area contributed by atoms with Crippen molar-refractivity contribution >= 4 is 40.5 Å². The Bertz CT molecular complexity index is 1430. The molecule has 6 nitrogen and oxygen atoms in total. The van der Waals surface area contributed by atoms with E-state index in [1.807, 2.05) is 12.1 Å². The van der Waals surface area contributed by atoms with Crippen molar-refractivity contribution in [1.29, 1.82) is 0 Å². The molecule has 1 N–H and O–H groups in total. The Morgan fingerprint density at radius 2 is 1.15 bits per heavy atom. The van der Waals surface area contributed by atoms with E-state index in [-0.39, 0.29) is 5.70 Å². The molecule has 3 aromatic rings. The summed E-state index contributed by atoms with van der Waals surface area (Å²) < 4.78 is 0. The van der Waals surface area contributed by atoms with Gasteiger partial charge in [-0.05, 0) is 122 Å². The number of rotatable bonds is 5. The summed E-state index contributed by atoms with van der Waals surface area (Å²) in [5.74, 6) is -1.20. The van der Waals surface area contributed by atoms with Crippen LogP contribution in [0.3, 0.4) is 0 Å². The van der Waals surface area contributed by atoms with Crippen LogP contribution in [0, 0.1) is 6.57 Å². The lowest BCUT2D eigenvalue weighted by molar-refractivity contribution is -0.132. The van der Waals surface area contributed by atoms with Crippen LogP contribution >= 0.6 is 0 Å². The van der Waals surface area contributed by atoms with Crippen molar-refractivity contribution in [2.45, 2.75) is 51.4 Å². The summed E-state index contributed by atoms with van der Waals surface area (Å²) in [6.45, 7) is 11.8. The van der Waals surface area contributed by atoms with Crippen molar-refractivity contribution < 1.29 is 9.90 Å². The summed E-state index contributed by atoms with van der Waals surface area (Å²) in [5, 5.41) is 9.32. The molecule has 202 valence electrons. The second-order valence-corrected chi connectivity index (χ2v) is 11.5. The second kappa shape index (κ2) is 10.1. The minimum Gasteiger partial charge on any atom is -0.486 e. The lowest BCUT2D eigenvalue weighted by Gasteiger charge is -2.39. The molecule has 6 heteroatoms. The molecule has 0 saturated carbocycles. The fourth-order valence-corrected chi connectivity index (χ4v) is 7.29. The standard InChI is InChI=1S/C34H34N4O2/c1-35-31(34(39)40)18-23-10-12-28(13-11-23)38(29-19-24-6-2-14-36-15-3-7-25(20-29)32(24)36)30-21-26-8-4-16-37-17-5-9-27(22-30)33(26)37/h10-13,18-22H,2-9,14-17H2,(H,39,40). The number of aliphatic carboxylic acids is 1. The Hall–Kier alpha value is -4.24. The molecule has 0 fully saturated rings. The van der Waals surface area contributed by atoms with Crippen LogP contribution in [0.15, 0.2) is 54.2 Å². The van der Waals surface area contributed by atoms with Gasteiger partial charge in [0.1, 0.15) is 0 Å². The molecule has 0 bridgehead atoms. The minimum absolute atomic E-state index is 0.277. The van der Waals surface area contributed by atoms with Crippen LogP contribution in [0.4, 0.5) is 28.4 Å². The van der Waals surface area contributed by atoms with Gasteiger partial charge in [-0.1, -0.05) is 12.1 Å². The molecule has 0 amide bonds. The van der Waals surface area contributed by atoms with Gasteiger partial charge in [0.05, 0.1) is 6.57 Å². The highest BCUT2D eigenvalue weighted by Crippen LogP contribution is 2.45. The summed E-state index contributed by atoms with van der Waals surface area (Å²) in [6.07, 6.45) is 10.7. The third-order valence-corrected chi connectivity index (χ3v) is 8.94. The van der Waals surface area contributed by atoms with Gasteiger partial charge >= 0.3 is 5.97 Å². The van der Waals surface area contributed by atoms with Crippen LogP contribution in [0.25, 0.3) is 10.9 Å². The third kappa shape index (κ3) is 4.30. The number of anilines is 5. The highest BCUT2D eigenvalue weighted by atomic mass is 16.4. The molecule has 4 aliphatic rings. The fourth-order valence-electron chi connectivity index (χ4n) is 7.29. The lowest BCUT2D eigenvalue weighted by Crippen LogP contribution is -2.35. The van der Waals surface area contributed by atoms with Crippen LogP contribution in [0.5, 0.6) is 0 Å². The Labute approximate surface area is 236 Å². The zero-order chi connectivity index (χ0) is 27.2. The van der Waals surface area contributed by atoms with Gasteiger partial charge < -0.3 is 19.8 Å². The Morgan fingerprint density at radius 3 is 1.52 bits per heavy atom. The van der Waals surface area contributed by atoms with Gasteiger partial charge in [0.25, 0.3) is 5.70 Å². The summed E-state index contributed by atoms with van der Waals surface area (Å²) in [7, 11) is 0. The maximum absolute atomic E-state index is 11.4. The maximum Gasteiger partial charge on any atom is 0.333 e. The molecule has 0 saturated heterocycles. The highest BCUT2D eigenvalue weighted by molar-refractivity contribution is 5.94. The zero-order valence-corrected chi connectivity index (χ0v) is 22.8. The average molecular weight is 531 g/mol. The topological polar surface area (TPSA) is 51.4 Å². The van der Waals surface area contributed by atoms with E-state index in [9.17, 15) is 9.90 Å². The quantitative estimate of drug-likeness (QED) is 0.287. The highest BCUT2D eigenvalue weighted by Gasteiger charge is 2.28. The number of carbonyl (C=O) groups is 1. The van der Waals surface area contributed by atoms with Crippen LogP contribution in [0.2, 0.25) is 0 Å². The Morgan fingerprint density at radius 1 is 0.725 bits per heavy atom. The van der Waals surface area contributed by atoms with Crippen molar-refractivity contribution in [2.24, 2.45) is 0 Å². The van der Waals surface area contributed by atoms with Gasteiger partial charge in [-0.3, -0.25) is 4.79 Å². The Balaban J connectivity index is 1.37. The molecule has 4 heterocycles. The monoisotopic (exact) mass is 530 g/mol. The smallest absolute Gasteiger partial charge is 0.333 e. The Kier molecular flexibility index (Phi) is 6.23. The van der Waals surface area contributed by atoms with E-state index in [0.717, 1.165) is 57.5 Å². The van der Waals surface area contributed by atoms with Crippen molar-refractivity contribution in [1.82, 2.24) is 0 Å². The van der Waals surface area contributed by atoms with Crippen LogP contribution in [0.1, 0.15) is 53.5 Å². The molecular weight excluding hydrogens is 496 g/mol. The molecule has 0 aromatic heterocycles. The number of hydrogen-bond acceptors (Lipinski definition) is 4. The predicted octanol–water partition coefficient (Wildman–Crippen LogP) is 6.90. The number of carboxylic acid groups (broad SMARTS) is 1. The number of aryl methyl sites for hydroxylation is 4. The van der Waals surface area contributed by atoms with Gasteiger partial charge in [0.15, 0.2) is 0 Å². The van der Waals surface area contributed by atoms with Crippen molar-refractivity contribution in [2.75, 3.05) is 40.9 Å². The lowest BCUT2D eigenvalue weighted by atomic mass is 9.90. The number of nitrogens with zero attached hydrogens (tertiary/aromatic N) is 4. The number of hydrogen-bond donors (Lipinski definition) is 1. The first kappa shape index (κ1) is 24.8. The number of carboxylic acids is 1. The summed E-state index contributed by atoms with van der Waals surface area (Å²) in [5.41, 5.74) is 12.6. The molecule has 0 radical (unpaired) electrons. The average Bonchev–Trinajstić information content (AvgIpc) is 2.97. The van der Waals surface area contributed by atoms with Crippen molar-refractivity contribution in [3.8, 4) is 0 Å². The fraction of sp³-hybridized carbons (Fsp3) is 0.353. The summed E-state index contributed by atoms with van der Waals surface area (Å²) >= 11 is 0. The van der Waals surface area contributed by atoms with E-state index in [1.165, 1.54) is 76.8 Å². The predicted molar refractivity (Wildman–Crippen MR) is 161 cm³/mol. The van der Waals surface area contributed by atoms with E-state index in [2.05, 4.69) is 55.9 Å². The molecule has 0 unspecified atom stereocenters. The molecule has 7 rings (SSSR count). The summed E-state index contributed by atoms with van der Waals surface area (Å²) in [6, 6.07) is 17.6. The molecule has 40 heavy (non-hydrogen) atoms. The first-order chi connectivity index (χ1) is 19.6. The van der Waals surface area contributed by atoms with E-state index < -0.39 is 5.97 Å². The van der Waals surface area contributed by atoms with Crippen LogP contribution in [-0.4, -0.2) is 37.3 Å². The second-order valence-electron chi connectivity index (χ2n) is 11.5. The van der Waals surface area contributed by atoms with E-state index in [0.29, 0.717) is 5.56 Å². The van der Waals surface area contributed by atoms with Gasteiger partial charge in [0.2, 0.25) is 0 Å². The first-order valence-corrected chi connectivity index (χ1v) is 14.6. The first-order valence-electron chi connectivity index (χ1n) is 14.6. The van der Waals surface area contributed by atoms with Gasteiger partial charge in [-0.15, -0.1) is 0 Å². The van der Waals surface area contributed by atoms with E-state index >= 15 is 0 Å². The SMILES string of the molecule is [C-]#[N+]C(=Cc1ccc(N(c2cc3c4c(c2)CCCN4CCC3)c2cc3c4c(c2)CCCN4CCC3)cc1)C(=O)O. The molecule has 0 spiro atoms. The minimum atomic E-state index is -1.20. The molecular formula is C34H34N4O2. The van der Waals surface area contributed by atoms with E-state index in [4.69, 9.17) is 6.57 Å². The summed E-state index contributed by atoms with van der Waals surface area (Å²) in [4.78, 5) is 22.1. The van der Waals surface area contributed by atoms with Crippen LogP contribution in [-0.2, 0) is 30.5 Å². The van der Waals surface area contributed by atoms with Crippen molar-refractivity contribution in [3.63, 3.8) is 0 Å². The molecule has 3 aromatic carbocycles. The largest absolute Gasteiger partial charge is 0.486 e. The molecule has 0 atom stereocenters. The maximum atomic E-state index is 11.4. The van der Waals surface area contributed by atoms with Gasteiger partial charge in [0, 0.05) is 54.6 Å². The molecule has 0 aliphatic carbocycles. The molecule has 4 aliphatic heterocycles. The van der Waals surface area contributed by atoms with E-state index in [1.54, 1.807) is 0 Å². The zero-order valence-electron chi connectivity index (χ0n) is 22.8. The normalized spacial score (nSPS) is 17.5. The third-order valence-electron chi connectivity index (χ3n) is 8.94. The van der Waals surface area contributed by atoms with Crippen LogP contribution < -0.4 is 14.7 Å². The van der Waals surface area contributed by atoms with Crippen molar-refractivity contribution in [3.05, 3.63) is 93.5 Å². The van der Waals surface area contributed by atoms with Gasteiger partial charge in [-0.25, -0.2) is 4.85 Å². The number of benzene rings is 3. The van der Waals surface area contributed by atoms with Gasteiger partial charge in [-0.2, -0.15) is 0 Å².